The Hall–Kier alpha value is -1.49. The number of aliphatic hydroxyl groups is 1. The molecule has 1 aromatic rings. The van der Waals surface area contributed by atoms with Gasteiger partial charge in [-0.05, 0) is 13.3 Å². The van der Waals surface area contributed by atoms with Gasteiger partial charge in [-0.3, -0.25) is 15.1 Å². The van der Waals surface area contributed by atoms with Gasteiger partial charge >= 0.3 is 0 Å². The molecule has 1 aromatic heterocycles. The Morgan fingerprint density at radius 2 is 2.33 bits per heavy atom. The van der Waals surface area contributed by atoms with Crippen molar-refractivity contribution in [1.29, 1.82) is 0 Å². The van der Waals surface area contributed by atoms with Gasteiger partial charge in [0.1, 0.15) is 0 Å². The van der Waals surface area contributed by atoms with Gasteiger partial charge in [0.15, 0.2) is 0 Å². The zero-order chi connectivity index (χ0) is 11.4. The molecule has 0 spiro atoms. The van der Waals surface area contributed by atoms with E-state index >= 15 is 0 Å². The second-order valence-electron chi connectivity index (χ2n) is 3.49. The van der Waals surface area contributed by atoms with Crippen LogP contribution in [0, 0.1) is 17.0 Å². The van der Waals surface area contributed by atoms with Gasteiger partial charge in [0.05, 0.1) is 11.0 Å². The van der Waals surface area contributed by atoms with Gasteiger partial charge in [0.2, 0.25) is 0 Å². The van der Waals surface area contributed by atoms with Crippen LogP contribution in [0.4, 0.5) is 5.69 Å². The summed E-state index contributed by atoms with van der Waals surface area (Å²) in [5.74, 6) is 0. The van der Waals surface area contributed by atoms with E-state index in [2.05, 4.69) is 4.98 Å². The maximum Gasteiger partial charge on any atom is 0.275 e. The van der Waals surface area contributed by atoms with E-state index in [1.807, 2.05) is 6.92 Å². The van der Waals surface area contributed by atoms with E-state index in [9.17, 15) is 15.2 Å². The molecule has 0 saturated carbocycles. The lowest BCUT2D eigenvalue weighted by Crippen LogP contribution is -2.10. The first-order valence-electron chi connectivity index (χ1n) is 4.82. The van der Waals surface area contributed by atoms with Crippen molar-refractivity contribution in [2.24, 2.45) is 0 Å². The van der Waals surface area contributed by atoms with Crippen molar-refractivity contribution in [3.05, 3.63) is 33.6 Å². The Bertz CT molecular complexity index is 366. The average Bonchev–Trinajstić information content (AvgIpc) is 2.20. The number of nitrogens with zero attached hydrogens (tertiary/aromatic N) is 2. The molecule has 0 bridgehead atoms. The van der Waals surface area contributed by atoms with Crippen LogP contribution in [0.15, 0.2) is 12.3 Å². The lowest BCUT2D eigenvalue weighted by atomic mass is 10.1. The molecule has 82 valence electrons. The van der Waals surface area contributed by atoms with Crippen LogP contribution < -0.4 is 0 Å². The van der Waals surface area contributed by atoms with Crippen molar-refractivity contribution in [3.8, 4) is 0 Å². The van der Waals surface area contributed by atoms with E-state index in [-0.39, 0.29) is 5.69 Å². The SMILES string of the molecule is CCC(O)Cc1cc([N+](=O)[O-])c(C)cn1. The minimum absolute atomic E-state index is 0.0586. The van der Waals surface area contributed by atoms with Gasteiger partial charge in [-0.2, -0.15) is 0 Å². The first-order valence-corrected chi connectivity index (χ1v) is 4.82. The Kier molecular flexibility index (Phi) is 3.74. The van der Waals surface area contributed by atoms with Gasteiger partial charge in [0.25, 0.3) is 5.69 Å². The Morgan fingerprint density at radius 3 is 2.87 bits per heavy atom. The van der Waals surface area contributed by atoms with Crippen LogP contribution in [0.5, 0.6) is 0 Å². The molecule has 5 heteroatoms. The monoisotopic (exact) mass is 210 g/mol. The number of aromatic nitrogens is 1. The molecule has 1 rings (SSSR count). The van der Waals surface area contributed by atoms with Crippen molar-refractivity contribution in [2.75, 3.05) is 0 Å². The molecule has 0 aliphatic carbocycles. The molecule has 1 unspecified atom stereocenters. The summed E-state index contributed by atoms with van der Waals surface area (Å²) in [5, 5.41) is 20.0. The summed E-state index contributed by atoms with van der Waals surface area (Å²) >= 11 is 0. The molecular weight excluding hydrogens is 196 g/mol. The highest BCUT2D eigenvalue weighted by Crippen LogP contribution is 2.18. The van der Waals surface area contributed by atoms with Crippen LogP contribution in [0.1, 0.15) is 24.6 Å². The average molecular weight is 210 g/mol. The van der Waals surface area contributed by atoms with Gasteiger partial charge in [0, 0.05) is 29.9 Å². The third kappa shape index (κ3) is 2.99. The number of hydrogen-bond donors (Lipinski definition) is 1. The fourth-order valence-electron chi connectivity index (χ4n) is 1.25. The first kappa shape index (κ1) is 11.6. The minimum atomic E-state index is -0.486. The molecule has 0 radical (unpaired) electrons. The molecule has 1 atom stereocenters. The van der Waals surface area contributed by atoms with Gasteiger partial charge in [-0.15, -0.1) is 0 Å². The summed E-state index contributed by atoms with van der Waals surface area (Å²) < 4.78 is 0. The minimum Gasteiger partial charge on any atom is -0.393 e. The van der Waals surface area contributed by atoms with Crippen LogP contribution in [0.3, 0.4) is 0 Å². The molecular formula is C10H14N2O3. The van der Waals surface area contributed by atoms with Crippen LogP contribution in [0.2, 0.25) is 0 Å². The molecule has 15 heavy (non-hydrogen) atoms. The van der Waals surface area contributed by atoms with E-state index in [1.165, 1.54) is 12.3 Å². The maximum atomic E-state index is 10.6. The zero-order valence-corrected chi connectivity index (χ0v) is 8.80. The largest absolute Gasteiger partial charge is 0.393 e. The van der Waals surface area contributed by atoms with E-state index < -0.39 is 11.0 Å². The summed E-state index contributed by atoms with van der Waals surface area (Å²) in [7, 11) is 0. The Morgan fingerprint density at radius 1 is 1.67 bits per heavy atom. The van der Waals surface area contributed by atoms with E-state index in [0.717, 1.165) is 0 Å². The molecule has 0 amide bonds. The summed E-state index contributed by atoms with van der Waals surface area (Å²) in [6.07, 6.45) is 1.96. The molecule has 0 fully saturated rings. The number of rotatable bonds is 4. The number of aliphatic hydroxyl groups excluding tert-OH is 1. The highest BCUT2D eigenvalue weighted by molar-refractivity contribution is 5.38. The Balaban J connectivity index is 2.92. The molecule has 1 heterocycles. The van der Waals surface area contributed by atoms with Crippen molar-refractivity contribution >= 4 is 5.69 Å². The highest BCUT2D eigenvalue weighted by atomic mass is 16.6. The first-order chi connectivity index (χ1) is 7.04. The van der Waals surface area contributed by atoms with Crippen LogP contribution in [-0.4, -0.2) is 21.1 Å². The van der Waals surface area contributed by atoms with E-state index in [0.29, 0.717) is 24.1 Å². The predicted molar refractivity (Wildman–Crippen MR) is 55.6 cm³/mol. The third-order valence-electron chi connectivity index (χ3n) is 2.24. The number of hydrogen-bond acceptors (Lipinski definition) is 4. The Labute approximate surface area is 87.9 Å². The van der Waals surface area contributed by atoms with E-state index in [1.54, 1.807) is 6.92 Å². The highest BCUT2D eigenvalue weighted by Gasteiger charge is 2.13. The quantitative estimate of drug-likeness (QED) is 0.605. The standard InChI is InChI=1S/C10H14N2O3/c1-3-9(13)4-8-5-10(12(14)15)7(2)6-11-8/h5-6,9,13H,3-4H2,1-2H3. The molecule has 0 saturated heterocycles. The van der Waals surface area contributed by atoms with Crippen molar-refractivity contribution in [2.45, 2.75) is 32.8 Å². The van der Waals surface area contributed by atoms with Gasteiger partial charge in [-0.25, -0.2) is 0 Å². The second kappa shape index (κ2) is 4.84. The second-order valence-corrected chi connectivity index (χ2v) is 3.49. The third-order valence-corrected chi connectivity index (χ3v) is 2.24. The fraction of sp³-hybridized carbons (Fsp3) is 0.500. The van der Waals surface area contributed by atoms with Crippen molar-refractivity contribution < 1.29 is 10.0 Å². The molecule has 5 nitrogen and oxygen atoms in total. The number of pyridine rings is 1. The summed E-state index contributed by atoms with van der Waals surface area (Å²) in [4.78, 5) is 14.3. The summed E-state index contributed by atoms with van der Waals surface area (Å²) in [6.45, 7) is 3.50. The van der Waals surface area contributed by atoms with Crippen molar-refractivity contribution in [3.63, 3.8) is 0 Å². The van der Waals surface area contributed by atoms with Crippen molar-refractivity contribution in [1.82, 2.24) is 4.98 Å². The fourth-order valence-corrected chi connectivity index (χ4v) is 1.25. The molecule has 0 aliphatic rings. The molecule has 1 N–H and O–H groups in total. The van der Waals surface area contributed by atoms with Gasteiger partial charge < -0.3 is 5.11 Å². The molecule has 0 aliphatic heterocycles. The summed E-state index contributed by atoms with van der Waals surface area (Å²) in [5.41, 5.74) is 1.15. The van der Waals surface area contributed by atoms with Gasteiger partial charge in [-0.1, -0.05) is 6.92 Å². The zero-order valence-electron chi connectivity index (χ0n) is 8.80. The van der Waals surface area contributed by atoms with E-state index in [4.69, 9.17) is 0 Å². The molecule has 0 aromatic carbocycles. The maximum absolute atomic E-state index is 10.6. The summed E-state index contributed by atoms with van der Waals surface area (Å²) in [6, 6.07) is 1.42. The lowest BCUT2D eigenvalue weighted by molar-refractivity contribution is -0.385. The van der Waals surface area contributed by atoms with Crippen LogP contribution >= 0.6 is 0 Å². The van der Waals surface area contributed by atoms with Crippen LogP contribution in [0.25, 0.3) is 0 Å². The lowest BCUT2D eigenvalue weighted by Gasteiger charge is -2.06. The topological polar surface area (TPSA) is 76.3 Å². The number of aryl methyl sites for hydroxylation is 1. The van der Waals surface area contributed by atoms with Crippen LogP contribution in [-0.2, 0) is 6.42 Å². The normalized spacial score (nSPS) is 12.5. The smallest absolute Gasteiger partial charge is 0.275 e. The predicted octanol–water partition coefficient (Wildman–Crippen LogP) is 1.61. The number of nitro groups is 1.